The molecule has 0 aliphatic carbocycles. The van der Waals surface area contributed by atoms with Crippen molar-refractivity contribution in [2.75, 3.05) is 19.5 Å². The van der Waals surface area contributed by atoms with Crippen LogP contribution in [0.4, 0.5) is 5.82 Å². The highest BCUT2D eigenvalue weighted by Crippen LogP contribution is 2.32. The van der Waals surface area contributed by atoms with Gasteiger partial charge in [0.25, 0.3) is 11.5 Å². The standard InChI is InChI=1S/C22H21N5O4S/c1-4-13-11-19(28)25-22(23-13)27-18(12-15(26-27)17-9-6-10-32-17)24-21(29)14-7-5-8-16(30-2)20(14)31-3/h5-12H,4H2,1-3H3,(H,24,29)(H,23,25,28). The summed E-state index contributed by atoms with van der Waals surface area (Å²) in [5, 5.41) is 9.38. The van der Waals surface area contributed by atoms with E-state index < -0.39 is 5.91 Å². The van der Waals surface area contributed by atoms with E-state index in [0.717, 1.165) is 4.88 Å². The van der Waals surface area contributed by atoms with E-state index in [-0.39, 0.29) is 11.5 Å². The Kier molecular flexibility index (Phi) is 6.04. The van der Waals surface area contributed by atoms with Crippen molar-refractivity contribution < 1.29 is 14.3 Å². The number of benzene rings is 1. The molecule has 1 aromatic carbocycles. The number of nitrogens with one attached hydrogen (secondary N) is 2. The zero-order valence-corrected chi connectivity index (χ0v) is 18.5. The summed E-state index contributed by atoms with van der Waals surface area (Å²) in [4.78, 5) is 33.4. The summed E-state index contributed by atoms with van der Waals surface area (Å²) in [7, 11) is 2.98. The molecule has 0 fully saturated rings. The number of hydrogen-bond donors (Lipinski definition) is 2. The summed E-state index contributed by atoms with van der Waals surface area (Å²) in [6, 6.07) is 12.0. The van der Waals surface area contributed by atoms with E-state index in [4.69, 9.17) is 9.47 Å². The molecular weight excluding hydrogens is 430 g/mol. The Bertz CT molecular complexity index is 1310. The summed E-state index contributed by atoms with van der Waals surface area (Å²) >= 11 is 1.51. The number of aryl methyl sites for hydroxylation is 1. The molecule has 10 heteroatoms. The number of ether oxygens (including phenoxy) is 2. The van der Waals surface area contributed by atoms with E-state index in [1.54, 1.807) is 24.3 Å². The van der Waals surface area contributed by atoms with Gasteiger partial charge < -0.3 is 14.8 Å². The van der Waals surface area contributed by atoms with Gasteiger partial charge in [-0.05, 0) is 30.0 Å². The van der Waals surface area contributed by atoms with E-state index in [9.17, 15) is 9.59 Å². The molecule has 32 heavy (non-hydrogen) atoms. The molecule has 0 atom stereocenters. The zero-order valence-electron chi connectivity index (χ0n) is 17.7. The fourth-order valence-corrected chi connectivity index (χ4v) is 3.88. The maximum Gasteiger partial charge on any atom is 0.260 e. The number of amides is 1. The fraction of sp³-hybridized carbons (Fsp3) is 0.182. The van der Waals surface area contributed by atoms with Crippen LogP contribution in [0.5, 0.6) is 11.5 Å². The highest BCUT2D eigenvalue weighted by Gasteiger charge is 2.20. The van der Waals surface area contributed by atoms with Crippen molar-refractivity contribution in [3.05, 3.63) is 69.5 Å². The van der Waals surface area contributed by atoms with Crippen LogP contribution in [0.2, 0.25) is 0 Å². The highest BCUT2D eigenvalue weighted by atomic mass is 32.1. The van der Waals surface area contributed by atoms with Crippen LogP contribution >= 0.6 is 11.3 Å². The van der Waals surface area contributed by atoms with E-state index in [1.807, 2.05) is 24.4 Å². The molecule has 0 radical (unpaired) electrons. The third-order valence-corrected chi connectivity index (χ3v) is 5.61. The number of hydrogen-bond acceptors (Lipinski definition) is 7. The van der Waals surface area contributed by atoms with Crippen molar-refractivity contribution >= 4 is 23.1 Å². The molecule has 0 saturated heterocycles. The van der Waals surface area contributed by atoms with Crippen molar-refractivity contribution in [3.8, 4) is 28.0 Å². The average molecular weight is 452 g/mol. The van der Waals surface area contributed by atoms with Crippen LogP contribution in [-0.4, -0.2) is 39.9 Å². The zero-order chi connectivity index (χ0) is 22.7. The van der Waals surface area contributed by atoms with E-state index in [2.05, 4.69) is 20.4 Å². The maximum atomic E-state index is 13.2. The van der Waals surface area contributed by atoms with Gasteiger partial charge in [0.2, 0.25) is 5.95 Å². The topological polar surface area (TPSA) is 111 Å². The molecule has 4 rings (SSSR count). The predicted octanol–water partition coefficient (Wildman–Crippen LogP) is 3.52. The van der Waals surface area contributed by atoms with Gasteiger partial charge in [0.05, 0.1) is 24.7 Å². The van der Waals surface area contributed by atoms with Crippen LogP contribution in [0.25, 0.3) is 16.5 Å². The van der Waals surface area contributed by atoms with Gasteiger partial charge in [0, 0.05) is 17.8 Å². The summed E-state index contributed by atoms with van der Waals surface area (Å²) < 4.78 is 12.1. The molecule has 164 valence electrons. The quantitative estimate of drug-likeness (QED) is 0.445. The van der Waals surface area contributed by atoms with Gasteiger partial charge >= 0.3 is 0 Å². The van der Waals surface area contributed by atoms with E-state index in [0.29, 0.717) is 40.7 Å². The molecule has 0 aliphatic heterocycles. The average Bonchev–Trinajstić information content (AvgIpc) is 3.48. The number of H-pyrrole nitrogens is 1. The summed E-state index contributed by atoms with van der Waals surface area (Å²) in [6.07, 6.45) is 0.582. The Balaban J connectivity index is 1.80. The Morgan fingerprint density at radius 2 is 2.03 bits per heavy atom. The van der Waals surface area contributed by atoms with Gasteiger partial charge in [-0.15, -0.1) is 11.3 Å². The molecule has 0 saturated carbocycles. The second-order valence-corrected chi connectivity index (χ2v) is 7.66. The molecule has 0 bridgehead atoms. The SMILES string of the molecule is CCc1cc(=O)[nH]c(-n2nc(-c3cccs3)cc2NC(=O)c2cccc(OC)c2OC)n1. The number of carbonyl (C=O) groups excluding carboxylic acids is 1. The fourth-order valence-electron chi connectivity index (χ4n) is 3.20. The lowest BCUT2D eigenvalue weighted by molar-refractivity contribution is 0.102. The number of aromatic nitrogens is 4. The molecule has 1 amide bonds. The second kappa shape index (κ2) is 9.06. The molecule has 4 aromatic rings. The van der Waals surface area contributed by atoms with Crippen LogP contribution in [0.3, 0.4) is 0 Å². The van der Waals surface area contributed by atoms with Crippen molar-refractivity contribution in [1.29, 1.82) is 0 Å². The summed E-state index contributed by atoms with van der Waals surface area (Å²) in [5.74, 6) is 0.893. The highest BCUT2D eigenvalue weighted by molar-refractivity contribution is 7.13. The maximum absolute atomic E-state index is 13.2. The first kappa shape index (κ1) is 21.3. The van der Waals surface area contributed by atoms with E-state index >= 15 is 0 Å². The molecule has 0 aliphatic rings. The minimum Gasteiger partial charge on any atom is -0.493 e. The number of methoxy groups -OCH3 is 2. The van der Waals surface area contributed by atoms with Crippen LogP contribution in [-0.2, 0) is 6.42 Å². The minimum absolute atomic E-state index is 0.213. The number of carbonyl (C=O) groups is 1. The first-order valence-electron chi connectivity index (χ1n) is 9.81. The Labute approximate surface area is 187 Å². The first-order valence-corrected chi connectivity index (χ1v) is 10.7. The lowest BCUT2D eigenvalue weighted by Crippen LogP contribution is -2.19. The van der Waals surface area contributed by atoms with Gasteiger partial charge in [-0.2, -0.15) is 9.78 Å². The van der Waals surface area contributed by atoms with Crippen LogP contribution in [0.1, 0.15) is 23.0 Å². The van der Waals surface area contributed by atoms with Crippen LogP contribution in [0, 0.1) is 0 Å². The normalized spacial score (nSPS) is 10.7. The van der Waals surface area contributed by atoms with Crippen molar-refractivity contribution in [2.45, 2.75) is 13.3 Å². The van der Waals surface area contributed by atoms with Gasteiger partial charge in [0.1, 0.15) is 11.5 Å². The Morgan fingerprint density at radius 3 is 2.72 bits per heavy atom. The smallest absolute Gasteiger partial charge is 0.260 e. The molecule has 0 unspecified atom stereocenters. The van der Waals surface area contributed by atoms with Crippen molar-refractivity contribution in [3.63, 3.8) is 0 Å². The number of rotatable bonds is 7. The Hall–Kier alpha value is -3.92. The van der Waals surface area contributed by atoms with Gasteiger partial charge in [-0.25, -0.2) is 4.98 Å². The predicted molar refractivity (Wildman–Crippen MR) is 122 cm³/mol. The third-order valence-electron chi connectivity index (χ3n) is 4.72. The van der Waals surface area contributed by atoms with E-state index in [1.165, 1.54) is 36.3 Å². The lowest BCUT2D eigenvalue weighted by atomic mass is 10.1. The second-order valence-electron chi connectivity index (χ2n) is 6.71. The minimum atomic E-state index is -0.423. The largest absolute Gasteiger partial charge is 0.493 e. The Morgan fingerprint density at radius 1 is 1.19 bits per heavy atom. The first-order chi connectivity index (χ1) is 15.5. The number of aromatic amines is 1. The summed E-state index contributed by atoms with van der Waals surface area (Å²) in [6.45, 7) is 1.91. The molecule has 2 N–H and O–H groups in total. The van der Waals surface area contributed by atoms with Crippen molar-refractivity contribution in [2.24, 2.45) is 0 Å². The van der Waals surface area contributed by atoms with Gasteiger partial charge in [-0.3, -0.25) is 14.6 Å². The molecule has 0 spiro atoms. The number of nitrogens with zero attached hydrogens (tertiary/aromatic N) is 3. The molecule has 3 heterocycles. The third kappa shape index (κ3) is 4.12. The monoisotopic (exact) mass is 451 g/mol. The molecule has 3 aromatic heterocycles. The van der Waals surface area contributed by atoms with Crippen molar-refractivity contribution in [1.82, 2.24) is 19.7 Å². The lowest BCUT2D eigenvalue weighted by Gasteiger charge is -2.13. The van der Waals surface area contributed by atoms with Crippen LogP contribution < -0.4 is 20.3 Å². The number of anilines is 1. The van der Waals surface area contributed by atoms with Gasteiger partial charge in [-0.1, -0.05) is 19.1 Å². The molecular formula is C22H21N5O4S. The molecule has 9 nitrogen and oxygen atoms in total. The number of thiophene rings is 1. The van der Waals surface area contributed by atoms with Crippen LogP contribution in [0.15, 0.2) is 52.6 Å². The summed E-state index contributed by atoms with van der Waals surface area (Å²) in [5.41, 5.74) is 1.24. The van der Waals surface area contributed by atoms with Gasteiger partial charge in [0.15, 0.2) is 11.5 Å². The number of para-hydroxylation sites is 1.